The van der Waals surface area contributed by atoms with E-state index in [0.29, 0.717) is 11.4 Å². The molecule has 0 aliphatic carbocycles. The molecule has 3 aromatic carbocycles. The molecular formula is C20H19N3O3S. The first-order chi connectivity index (χ1) is 12.8. The SMILES string of the molecule is Cc1ccc(Nc2ccccc2NS(=O)(=O)c2ccc(C(N)=O)cc2)cc1. The molecule has 0 unspecified atom stereocenters. The zero-order valence-corrected chi connectivity index (χ0v) is 15.5. The maximum atomic E-state index is 12.7. The molecule has 1 amide bonds. The average molecular weight is 381 g/mol. The molecule has 0 spiro atoms. The number of sulfonamides is 1. The van der Waals surface area contributed by atoms with Gasteiger partial charge < -0.3 is 11.1 Å². The second-order valence-electron chi connectivity index (χ2n) is 6.03. The van der Waals surface area contributed by atoms with Crippen LogP contribution in [0.25, 0.3) is 0 Å². The molecule has 0 atom stereocenters. The van der Waals surface area contributed by atoms with Crippen LogP contribution in [0.4, 0.5) is 17.1 Å². The van der Waals surface area contributed by atoms with Crippen LogP contribution in [0, 0.1) is 6.92 Å². The number of anilines is 3. The molecule has 4 N–H and O–H groups in total. The highest BCUT2D eigenvalue weighted by atomic mass is 32.2. The Labute approximate surface area is 158 Å². The summed E-state index contributed by atoms with van der Waals surface area (Å²) in [5.74, 6) is -0.612. The Morgan fingerprint density at radius 1 is 0.852 bits per heavy atom. The summed E-state index contributed by atoms with van der Waals surface area (Å²) in [5.41, 5.74) is 8.45. The predicted octanol–water partition coefficient (Wildman–Crippen LogP) is 3.64. The van der Waals surface area contributed by atoms with Crippen molar-refractivity contribution >= 4 is 33.0 Å². The summed E-state index contributed by atoms with van der Waals surface area (Å²) in [4.78, 5) is 11.2. The maximum Gasteiger partial charge on any atom is 0.261 e. The number of benzene rings is 3. The Kier molecular flexibility index (Phi) is 5.14. The third-order valence-corrected chi connectivity index (χ3v) is 5.33. The Hall–Kier alpha value is -3.32. The Morgan fingerprint density at radius 2 is 1.44 bits per heavy atom. The van der Waals surface area contributed by atoms with Crippen LogP contribution < -0.4 is 15.8 Å². The van der Waals surface area contributed by atoms with Gasteiger partial charge in [-0.3, -0.25) is 9.52 Å². The van der Waals surface area contributed by atoms with Crippen LogP contribution in [0.1, 0.15) is 15.9 Å². The van der Waals surface area contributed by atoms with Gasteiger partial charge in [0.15, 0.2) is 0 Å². The van der Waals surface area contributed by atoms with Gasteiger partial charge in [-0.15, -0.1) is 0 Å². The molecule has 3 rings (SSSR count). The van der Waals surface area contributed by atoms with E-state index in [-0.39, 0.29) is 10.5 Å². The highest BCUT2D eigenvalue weighted by Crippen LogP contribution is 2.27. The monoisotopic (exact) mass is 381 g/mol. The number of aryl methyl sites for hydroxylation is 1. The molecule has 27 heavy (non-hydrogen) atoms. The van der Waals surface area contributed by atoms with Crippen LogP contribution >= 0.6 is 0 Å². The molecule has 0 aliphatic rings. The number of carbonyl (C=O) groups is 1. The van der Waals surface area contributed by atoms with Gasteiger partial charge in [-0.25, -0.2) is 8.42 Å². The molecule has 0 saturated heterocycles. The molecule has 0 heterocycles. The van der Waals surface area contributed by atoms with Crippen molar-refractivity contribution in [2.24, 2.45) is 5.73 Å². The Morgan fingerprint density at radius 3 is 2.04 bits per heavy atom. The normalized spacial score (nSPS) is 11.0. The predicted molar refractivity (Wildman–Crippen MR) is 107 cm³/mol. The zero-order chi connectivity index (χ0) is 19.4. The van der Waals surface area contributed by atoms with Crippen molar-refractivity contribution in [1.82, 2.24) is 0 Å². The number of rotatable bonds is 6. The lowest BCUT2D eigenvalue weighted by molar-refractivity contribution is 0.1000. The zero-order valence-electron chi connectivity index (χ0n) is 14.6. The number of hydrogen-bond donors (Lipinski definition) is 3. The van der Waals surface area contributed by atoms with E-state index < -0.39 is 15.9 Å². The van der Waals surface area contributed by atoms with E-state index in [1.807, 2.05) is 37.3 Å². The van der Waals surface area contributed by atoms with E-state index in [4.69, 9.17) is 5.73 Å². The van der Waals surface area contributed by atoms with Gasteiger partial charge in [0, 0.05) is 11.3 Å². The topological polar surface area (TPSA) is 101 Å². The van der Waals surface area contributed by atoms with Crippen molar-refractivity contribution in [3.63, 3.8) is 0 Å². The first-order valence-electron chi connectivity index (χ1n) is 8.20. The lowest BCUT2D eigenvalue weighted by Crippen LogP contribution is -2.15. The lowest BCUT2D eigenvalue weighted by atomic mass is 10.2. The van der Waals surface area contributed by atoms with Gasteiger partial charge in [-0.05, 0) is 55.5 Å². The van der Waals surface area contributed by atoms with E-state index in [1.54, 1.807) is 18.2 Å². The summed E-state index contributed by atoms with van der Waals surface area (Å²) in [6.07, 6.45) is 0. The molecule has 0 fully saturated rings. The maximum absolute atomic E-state index is 12.7. The fourth-order valence-electron chi connectivity index (χ4n) is 2.48. The number of nitrogens with one attached hydrogen (secondary N) is 2. The van der Waals surface area contributed by atoms with Crippen molar-refractivity contribution in [2.75, 3.05) is 10.0 Å². The highest BCUT2D eigenvalue weighted by Gasteiger charge is 2.16. The number of amides is 1. The minimum Gasteiger partial charge on any atom is -0.366 e. The molecule has 0 aromatic heterocycles. The summed E-state index contributed by atoms with van der Waals surface area (Å²) in [6.45, 7) is 2.00. The van der Waals surface area contributed by atoms with Crippen LogP contribution in [0.15, 0.2) is 77.7 Å². The van der Waals surface area contributed by atoms with Gasteiger partial charge >= 0.3 is 0 Å². The summed E-state index contributed by atoms with van der Waals surface area (Å²) in [7, 11) is -3.82. The van der Waals surface area contributed by atoms with Crippen LogP contribution in [-0.2, 0) is 10.0 Å². The summed E-state index contributed by atoms with van der Waals surface area (Å²) in [5, 5.41) is 3.21. The van der Waals surface area contributed by atoms with E-state index in [0.717, 1.165) is 11.3 Å². The molecule has 0 bridgehead atoms. The summed E-state index contributed by atoms with van der Waals surface area (Å²) in [6, 6.07) is 20.2. The lowest BCUT2D eigenvalue weighted by Gasteiger charge is -2.14. The molecule has 3 aromatic rings. The van der Waals surface area contributed by atoms with Crippen molar-refractivity contribution < 1.29 is 13.2 Å². The molecule has 0 saturated carbocycles. The summed E-state index contributed by atoms with van der Waals surface area (Å²) < 4.78 is 27.9. The molecule has 0 radical (unpaired) electrons. The van der Waals surface area contributed by atoms with Gasteiger partial charge in [0.25, 0.3) is 10.0 Å². The van der Waals surface area contributed by atoms with Gasteiger partial charge in [0.1, 0.15) is 0 Å². The van der Waals surface area contributed by atoms with E-state index in [1.165, 1.54) is 24.3 Å². The fraction of sp³-hybridized carbons (Fsp3) is 0.0500. The van der Waals surface area contributed by atoms with Gasteiger partial charge in [-0.1, -0.05) is 29.8 Å². The fourth-order valence-corrected chi connectivity index (χ4v) is 3.56. The van der Waals surface area contributed by atoms with Crippen LogP contribution in [0.3, 0.4) is 0 Å². The highest BCUT2D eigenvalue weighted by molar-refractivity contribution is 7.92. The molecule has 6 nitrogen and oxygen atoms in total. The number of para-hydroxylation sites is 2. The number of carbonyl (C=O) groups excluding carboxylic acids is 1. The largest absolute Gasteiger partial charge is 0.366 e. The van der Waals surface area contributed by atoms with Crippen molar-refractivity contribution in [2.45, 2.75) is 11.8 Å². The van der Waals surface area contributed by atoms with Crippen LogP contribution in [0.5, 0.6) is 0 Å². The summed E-state index contributed by atoms with van der Waals surface area (Å²) >= 11 is 0. The van der Waals surface area contributed by atoms with E-state index in [9.17, 15) is 13.2 Å². The molecule has 138 valence electrons. The third-order valence-electron chi connectivity index (χ3n) is 3.95. The first kappa shape index (κ1) is 18.5. The Balaban J connectivity index is 1.86. The van der Waals surface area contributed by atoms with Crippen molar-refractivity contribution in [1.29, 1.82) is 0 Å². The third kappa shape index (κ3) is 4.45. The Bertz CT molecular complexity index is 1060. The number of nitrogens with two attached hydrogens (primary N) is 1. The van der Waals surface area contributed by atoms with E-state index >= 15 is 0 Å². The number of primary amides is 1. The molecule has 0 aliphatic heterocycles. The second-order valence-corrected chi connectivity index (χ2v) is 7.71. The van der Waals surface area contributed by atoms with E-state index in [2.05, 4.69) is 10.0 Å². The van der Waals surface area contributed by atoms with Crippen molar-refractivity contribution in [3.8, 4) is 0 Å². The van der Waals surface area contributed by atoms with Crippen molar-refractivity contribution in [3.05, 3.63) is 83.9 Å². The number of hydrogen-bond acceptors (Lipinski definition) is 4. The molecular weight excluding hydrogens is 362 g/mol. The minimum absolute atomic E-state index is 0.0395. The van der Waals surface area contributed by atoms with Crippen LogP contribution in [-0.4, -0.2) is 14.3 Å². The van der Waals surface area contributed by atoms with Gasteiger partial charge in [-0.2, -0.15) is 0 Å². The molecule has 7 heteroatoms. The average Bonchev–Trinajstić information content (AvgIpc) is 2.65. The first-order valence-corrected chi connectivity index (χ1v) is 9.69. The smallest absolute Gasteiger partial charge is 0.261 e. The van der Waals surface area contributed by atoms with Crippen LogP contribution in [0.2, 0.25) is 0 Å². The quantitative estimate of drug-likeness (QED) is 0.607. The second kappa shape index (κ2) is 7.51. The van der Waals surface area contributed by atoms with Gasteiger partial charge in [0.2, 0.25) is 5.91 Å². The standard InChI is InChI=1S/C20H19N3O3S/c1-14-6-10-16(11-7-14)22-18-4-2-3-5-19(18)23-27(25,26)17-12-8-15(9-13-17)20(21)24/h2-13,22-23H,1H3,(H2,21,24). The van der Waals surface area contributed by atoms with Gasteiger partial charge in [0.05, 0.1) is 16.3 Å². The minimum atomic E-state index is -3.82.